The molecule has 1 aliphatic heterocycles. The number of Topliss-reactive ketones (excluding diaryl/α,β-unsaturated/α-hetero) is 1. The third-order valence-electron chi connectivity index (χ3n) is 4.38. The first-order valence-corrected chi connectivity index (χ1v) is 8.93. The molecule has 1 aromatic heterocycles. The number of carbonyl (C=O) groups is 1. The van der Waals surface area contributed by atoms with Gasteiger partial charge >= 0.3 is 0 Å². The van der Waals surface area contributed by atoms with Gasteiger partial charge in [-0.2, -0.15) is 4.57 Å². The zero-order chi connectivity index (χ0) is 18.5. The summed E-state index contributed by atoms with van der Waals surface area (Å²) in [5.41, 5.74) is 2.87. The molecule has 4 nitrogen and oxygen atoms in total. The molecule has 0 spiro atoms. The van der Waals surface area contributed by atoms with Crippen molar-refractivity contribution in [2.45, 2.75) is 6.54 Å². The fraction of sp³-hybridized carbons (Fsp3) is 0.130. The first-order valence-electron chi connectivity index (χ1n) is 8.93. The second-order valence-corrected chi connectivity index (χ2v) is 6.33. The molecule has 134 valence electrons. The van der Waals surface area contributed by atoms with Crippen molar-refractivity contribution in [1.82, 2.24) is 0 Å². The molecule has 0 unspecified atom stereocenters. The van der Waals surface area contributed by atoms with Gasteiger partial charge in [-0.3, -0.25) is 4.79 Å². The van der Waals surface area contributed by atoms with Crippen LogP contribution in [0.25, 0.3) is 12.2 Å². The van der Waals surface area contributed by atoms with E-state index in [1.807, 2.05) is 47.3 Å². The van der Waals surface area contributed by atoms with Crippen molar-refractivity contribution in [1.29, 1.82) is 0 Å². The second-order valence-electron chi connectivity index (χ2n) is 6.33. The lowest BCUT2D eigenvalue weighted by Gasteiger charge is -2.18. The van der Waals surface area contributed by atoms with Gasteiger partial charge in [-0.05, 0) is 29.3 Å². The van der Waals surface area contributed by atoms with Crippen LogP contribution in [0.4, 0.5) is 0 Å². The highest BCUT2D eigenvalue weighted by atomic mass is 16.6. The van der Waals surface area contributed by atoms with Crippen LogP contribution in [0.15, 0.2) is 73.1 Å². The van der Waals surface area contributed by atoms with Gasteiger partial charge in [0.2, 0.25) is 12.3 Å². The number of carbonyl (C=O) groups excluding carboxylic acids is 1. The Morgan fingerprint density at radius 3 is 2.26 bits per heavy atom. The van der Waals surface area contributed by atoms with Crippen molar-refractivity contribution in [2.75, 3.05) is 13.2 Å². The van der Waals surface area contributed by atoms with E-state index in [4.69, 9.17) is 9.47 Å². The van der Waals surface area contributed by atoms with E-state index in [-0.39, 0.29) is 12.3 Å². The van der Waals surface area contributed by atoms with Crippen LogP contribution in [0, 0.1) is 0 Å². The summed E-state index contributed by atoms with van der Waals surface area (Å²) in [6.07, 6.45) is 7.96. The van der Waals surface area contributed by atoms with Crippen molar-refractivity contribution < 1.29 is 18.8 Å². The molecule has 0 amide bonds. The molecule has 27 heavy (non-hydrogen) atoms. The number of aromatic nitrogens is 1. The highest BCUT2D eigenvalue weighted by Crippen LogP contribution is 2.30. The topological polar surface area (TPSA) is 39.4 Å². The van der Waals surface area contributed by atoms with Gasteiger partial charge in [0.1, 0.15) is 13.2 Å². The number of ketones is 1. The summed E-state index contributed by atoms with van der Waals surface area (Å²) in [7, 11) is 0. The van der Waals surface area contributed by atoms with Gasteiger partial charge in [-0.25, -0.2) is 0 Å². The van der Waals surface area contributed by atoms with E-state index >= 15 is 0 Å². The normalized spacial score (nSPS) is 12.9. The minimum Gasteiger partial charge on any atom is -0.486 e. The number of fused-ring (bicyclic) bond motifs is 1. The van der Waals surface area contributed by atoms with Crippen LogP contribution >= 0.6 is 0 Å². The maximum atomic E-state index is 12.6. The summed E-state index contributed by atoms with van der Waals surface area (Å²) in [6.45, 7) is 1.33. The molecule has 0 atom stereocenters. The standard InChI is InChI=1S/C23H20NO3/c25-21(20-8-9-22-23(16-20)27-15-14-26-22)17-24-12-10-19(11-13-24)7-6-18-4-2-1-3-5-18/h1-13,16H,14-15,17H2/q+1/b7-6+. The summed E-state index contributed by atoms with van der Waals surface area (Å²) in [5, 5.41) is 0. The summed E-state index contributed by atoms with van der Waals surface area (Å²) in [6, 6.07) is 19.5. The minimum atomic E-state index is 0.0320. The van der Waals surface area contributed by atoms with Gasteiger partial charge in [0.25, 0.3) is 0 Å². The Kier molecular flexibility index (Phi) is 4.97. The summed E-state index contributed by atoms with van der Waals surface area (Å²) >= 11 is 0. The zero-order valence-corrected chi connectivity index (χ0v) is 14.9. The largest absolute Gasteiger partial charge is 0.486 e. The van der Waals surface area contributed by atoms with Crippen molar-refractivity contribution in [3.63, 3.8) is 0 Å². The third kappa shape index (κ3) is 4.23. The molecule has 1 aliphatic rings. The highest BCUT2D eigenvalue weighted by Gasteiger charge is 2.17. The predicted octanol–water partition coefficient (Wildman–Crippen LogP) is 3.80. The molecule has 0 saturated heterocycles. The molecule has 0 fully saturated rings. The number of ether oxygens (including phenoxy) is 2. The lowest BCUT2D eigenvalue weighted by Crippen LogP contribution is -2.37. The first kappa shape index (κ1) is 17.0. The van der Waals surface area contributed by atoms with Crippen molar-refractivity contribution in [3.8, 4) is 11.5 Å². The van der Waals surface area contributed by atoms with Crippen LogP contribution in [0.2, 0.25) is 0 Å². The average molecular weight is 358 g/mol. The SMILES string of the molecule is O=C(C[n+]1ccc(/C=C/c2ccccc2)cc1)c1ccc2c(c1)OCCO2. The van der Waals surface area contributed by atoms with E-state index in [2.05, 4.69) is 24.3 Å². The van der Waals surface area contributed by atoms with Crippen molar-refractivity contribution in [3.05, 3.63) is 89.7 Å². The average Bonchev–Trinajstić information content (AvgIpc) is 2.73. The van der Waals surface area contributed by atoms with Gasteiger partial charge in [-0.15, -0.1) is 0 Å². The second kappa shape index (κ2) is 7.87. The molecule has 2 heterocycles. The molecule has 0 radical (unpaired) electrons. The smallest absolute Gasteiger partial charge is 0.227 e. The fourth-order valence-electron chi connectivity index (χ4n) is 2.92. The molecule has 0 bridgehead atoms. The number of nitrogens with zero attached hydrogens (tertiary/aromatic N) is 1. The summed E-state index contributed by atoms with van der Waals surface area (Å²) in [5.74, 6) is 1.36. The van der Waals surface area contributed by atoms with Crippen molar-refractivity contribution >= 4 is 17.9 Å². The Bertz CT molecular complexity index is 963. The van der Waals surface area contributed by atoms with Crippen LogP contribution in [0.1, 0.15) is 21.5 Å². The van der Waals surface area contributed by atoms with Gasteiger partial charge < -0.3 is 9.47 Å². The lowest BCUT2D eigenvalue weighted by atomic mass is 10.1. The first-order chi connectivity index (χ1) is 13.3. The molecule has 0 saturated carbocycles. The highest BCUT2D eigenvalue weighted by molar-refractivity contribution is 5.95. The predicted molar refractivity (Wildman–Crippen MR) is 104 cm³/mol. The molecule has 4 heteroatoms. The fourth-order valence-corrected chi connectivity index (χ4v) is 2.92. The number of hydrogen-bond donors (Lipinski definition) is 0. The maximum Gasteiger partial charge on any atom is 0.227 e. The molecular formula is C23H20NO3+. The van der Waals surface area contributed by atoms with E-state index in [1.165, 1.54) is 0 Å². The van der Waals surface area contributed by atoms with Crippen LogP contribution in [-0.4, -0.2) is 19.0 Å². The maximum absolute atomic E-state index is 12.6. The molecule has 3 aromatic rings. The molecule has 4 rings (SSSR count). The van der Waals surface area contributed by atoms with Gasteiger partial charge in [0, 0.05) is 17.7 Å². The Labute approximate surface area is 158 Å². The Morgan fingerprint density at radius 2 is 1.52 bits per heavy atom. The zero-order valence-electron chi connectivity index (χ0n) is 14.9. The monoisotopic (exact) mass is 358 g/mol. The van der Waals surface area contributed by atoms with E-state index in [9.17, 15) is 4.79 Å². The van der Waals surface area contributed by atoms with E-state index < -0.39 is 0 Å². The van der Waals surface area contributed by atoms with Crippen LogP contribution in [0.3, 0.4) is 0 Å². The third-order valence-corrected chi connectivity index (χ3v) is 4.38. The van der Waals surface area contributed by atoms with Crippen molar-refractivity contribution in [2.24, 2.45) is 0 Å². The molecule has 0 aliphatic carbocycles. The molecular weight excluding hydrogens is 338 g/mol. The van der Waals surface area contributed by atoms with Gasteiger partial charge in [-0.1, -0.05) is 42.5 Å². The lowest BCUT2D eigenvalue weighted by molar-refractivity contribution is -0.683. The van der Waals surface area contributed by atoms with Gasteiger partial charge in [0.15, 0.2) is 23.9 Å². The van der Waals surface area contributed by atoms with Gasteiger partial charge in [0.05, 0.1) is 0 Å². The Balaban J connectivity index is 1.42. The van der Waals surface area contributed by atoms with Crippen LogP contribution in [0.5, 0.6) is 11.5 Å². The van der Waals surface area contributed by atoms with Crippen LogP contribution < -0.4 is 14.0 Å². The summed E-state index contributed by atoms with van der Waals surface area (Å²) < 4.78 is 12.9. The summed E-state index contributed by atoms with van der Waals surface area (Å²) in [4.78, 5) is 12.6. The number of rotatable bonds is 5. The quantitative estimate of drug-likeness (QED) is 0.514. The van der Waals surface area contributed by atoms with E-state index in [1.54, 1.807) is 18.2 Å². The number of benzene rings is 2. The molecule has 2 aromatic carbocycles. The number of pyridine rings is 1. The Hall–Kier alpha value is -3.40. The van der Waals surface area contributed by atoms with Crippen LogP contribution in [-0.2, 0) is 6.54 Å². The van der Waals surface area contributed by atoms with E-state index in [0.717, 1.165) is 11.1 Å². The minimum absolute atomic E-state index is 0.0320. The van der Waals surface area contributed by atoms with E-state index in [0.29, 0.717) is 30.3 Å². The Morgan fingerprint density at radius 1 is 0.852 bits per heavy atom. The molecule has 0 N–H and O–H groups in total. The number of hydrogen-bond acceptors (Lipinski definition) is 3.